The first-order valence-corrected chi connectivity index (χ1v) is 8.07. The molecule has 1 fully saturated rings. The zero-order chi connectivity index (χ0) is 17.9. The van der Waals surface area contributed by atoms with Crippen molar-refractivity contribution in [3.63, 3.8) is 0 Å². The van der Waals surface area contributed by atoms with Crippen LogP contribution in [0.5, 0.6) is 0 Å². The molecule has 138 valence electrons. The van der Waals surface area contributed by atoms with Crippen LogP contribution in [-0.4, -0.2) is 46.7 Å². The predicted octanol–water partition coefficient (Wildman–Crippen LogP) is 2.99. The van der Waals surface area contributed by atoms with Gasteiger partial charge >= 0.3 is 11.9 Å². The average Bonchev–Trinajstić information content (AvgIpc) is 3.03. The van der Waals surface area contributed by atoms with E-state index in [1.54, 1.807) is 0 Å². The summed E-state index contributed by atoms with van der Waals surface area (Å²) >= 11 is 3.33. The molecule has 1 aliphatic carbocycles. The van der Waals surface area contributed by atoms with Crippen molar-refractivity contribution in [3.8, 4) is 0 Å². The zero-order valence-corrected chi connectivity index (χ0v) is 15.0. The highest BCUT2D eigenvalue weighted by Crippen LogP contribution is 2.31. The van der Waals surface area contributed by atoms with Crippen molar-refractivity contribution in [1.29, 1.82) is 4.78 Å². The molecule has 1 atom stereocenters. The summed E-state index contributed by atoms with van der Waals surface area (Å²) in [5.41, 5.74) is -0.949. The monoisotopic (exact) mass is 362 g/mol. The standard InChI is InChI=1S/C9H10O4.C7H15N.FH.HNS/c1-9(8(12)13)4-2-3-6(5-9)7(10)11;1-2-5-8-6-3-4-7-8;;1-2/h2-4H,5H2,1H3,(H,10,11)(H,12,13);2-7H2,1H3;1H;1H. The summed E-state index contributed by atoms with van der Waals surface area (Å²) in [4.78, 5) is 23.9. The highest BCUT2D eigenvalue weighted by atomic mass is 32.1. The Balaban J connectivity index is 0. The molecule has 0 aromatic heterocycles. The van der Waals surface area contributed by atoms with E-state index in [0.717, 1.165) is 0 Å². The highest BCUT2D eigenvalue weighted by Gasteiger charge is 2.34. The molecule has 0 aromatic rings. The third-order valence-corrected chi connectivity index (χ3v) is 3.82. The summed E-state index contributed by atoms with van der Waals surface area (Å²) in [6, 6.07) is 0. The zero-order valence-electron chi connectivity index (χ0n) is 14.2. The van der Waals surface area contributed by atoms with E-state index in [-0.39, 0.29) is 16.7 Å². The van der Waals surface area contributed by atoms with Crippen molar-refractivity contribution >= 4 is 24.4 Å². The van der Waals surface area contributed by atoms with E-state index >= 15 is 0 Å². The van der Waals surface area contributed by atoms with Crippen molar-refractivity contribution in [2.45, 2.75) is 39.5 Å². The Hall–Kier alpha value is -1.67. The molecule has 1 aliphatic heterocycles. The lowest BCUT2D eigenvalue weighted by Crippen LogP contribution is -2.28. The minimum Gasteiger partial charge on any atom is -0.481 e. The molecular formula is C16H27FN2O4S. The van der Waals surface area contributed by atoms with Gasteiger partial charge in [0.2, 0.25) is 0 Å². The van der Waals surface area contributed by atoms with Gasteiger partial charge in [-0.1, -0.05) is 25.2 Å². The molecule has 0 radical (unpaired) electrons. The minimum atomic E-state index is -1.08. The van der Waals surface area contributed by atoms with E-state index in [0.29, 0.717) is 0 Å². The van der Waals surface area contributed by atoms with Crippen LogP contribution in [0.1, 0.15) is 39.5 Å². The van der Waals surface area contributed by atoms with Crippen LogP contribution in [0.4, 0.5) is 4.70 Å². The lowest BCUT2D eigenvalue weighted by Gasteiger charge is -2.23. The number of rotatable bonds is 4. The van der Waals surface area contributed by atoms with E-state index in [1.807, 2.05) is 0 Å². The lowest BCUT2D eigenvalue weighted by molar-refractivity contribution is -0.145. The summed E-state index contributed by atoms with van der Waals surface area (Å²) in [6.45, 7) is 7.78. The SMILES string of the molecule is CC1(C(=O)O)C=CC=C(C(=O)O)C1.CCCN1CCCC1.F.N=S. The molecule has 2 aliphatic rings. The van der Waals surface area contributed by atoms with Crippen LogP contribution in [-0.2, 0) is 22.0 Å². The maximum absolute atomic E-state index is 10.8. The fraction of sp³-hybridized carbons (Fsp3) is 0.625. The smallest absolute Gasteiger partial charge is 0.331 e. The van der Waals surface area contributed by atoms with E-state index in [4.69, 9.17) is 15.0 Å². The third-order valence-electron chi connectivity index (χ3n) is 3.82. The number of nitrogens with one attached hydrogen (secondary N) is 1. The topological polar surface area (TPSA) is 102 Å². The Morgan fingerprint density at radius 3 is 2.25 bits per heavy atom. The van der Waals surface area contributed by atoms with Gasteiger partial charge in [0.15, 0.2) is 0 Å². The molecule has 0 aromatic carbocycles. The van der Waals surface area contributed by atoms with Crippen LogP contribution in [0.15, 0.2) is 23.8 Å². The number of hydrogen-bond donors (Lipinski definition) is 3. The van der Waals surface area contributed by atoms with E-state index in [2.05, 4.69) is 24.2 Å². The van der Waals surface area contributed by atoms with Gasteiger partial charge < -0.3 is 15.1 Å². The van der Waals surface area contributed by atoms with Crippen LogP contribution >= 0.6 is 0 Å². The number of aliphatic carboxylic acids is 2. The molecule has 0 bridgehead atoms. The van der Waals surface area contributed by atoms with E-state index < -0.39 is 17.4 Å². The molecule has 0 amide bonds. The van der Waals surface area contributed by atoms with Crippen molar-refractivity contribution in [2.24, 2.45) is 5.41 Å². The molecule has 6 nitrogen and oxygen atoms in total. The number of nitrogens with zero attached hydrogens (tertiary/aromatic N) is 1. The Bertz CT molecular complexity index is 465. The van der Waals surface area contributed by atoms with Crippen molar-refractivity contribution < 1.29 is 24.5 Å². The van der Waals surface area contributed by atoms with Gasteiger partial charge in [-0.2, -0.15) is 0 Å². The molecule has 24 heavy (non-hydrogen) atoms. The summed E-state index contributed by atoms with van der Waals surface area (Å²) in [5.74, 6) is -2.06. The molecule has 0 saturated carbocycles. The van der Waals surface area contributed by atoms with E-state index in [1.165, 1.54) is 64.0 Å². The minimum absolute atomic E-state index is 0. The molecular weight excluding hydrogens is 335 g/mol. The Kier molecular flexibility index (Phi) is 13.0. The Morgan fingerprint density at radius 1 is 1.29 bits per heavy atom. The Morgan fingerprint density at radius 2 is 1.83 bits per heavy atom. The number of hydrogen-bond acceptors (Lipinski definition) is 5. The summed E-state index contributed by atoms with van der Waals surface area (Å²) < 4.78 is 5.33. The largest absolute Gasteiger partial charge is 0.481 e. The molecule has 2 rings (SSSR count). The van der Waals surface area contributed by atoms with Gasteiger partial charge in [-0.25, -0.2) is 9.57 Å². The second-order valence-electron chi connectivity index (χ2n) is 5.80. The second kappa shape index (κ2) is 12.7. The maximum Gasteiger partial charge on any atom is 0.331 e. The van der Waals surface area contributed by atoms with Gasteiger partial charge in [0.25, 0.3) is 0 Å². The van der Waals surface area contributed by atoms with Gasteiger partial charge in [-0.3, -0.25) is 9.50 Å². The second-order valence-corrected chi connectivity index (χ2v) is 5.80. The number of likely N-dealkylation sites (tertiary alicyclic amines) is 1. The first-order valence-electron chi connectivity index (χ1n) is 7.67. The number of carbonyl (C=O) groups is 2. The fourth-order valence-corrected chi connectivity index (χ4v) is 2.51. The van der Waals surface area contributed by atoms with Gasteiger partial charge in [-0.15, -0.1) is 0 Å². The quantitative estimate of drug-likeness (QED) is 0.711. The van der Waals surface area contributed by atoms with Crippen molar-refractivity contribution in [3.05, 3.63) is 23.8 Å². The third kappa shape index (κ3) is 8.26. The average molecular weight is 362 g/mol. The summed E-state index contributed by atoms with van der Waals surface area (Å²) in [7, 11) is 0. The fourth-order valence-electron chi connectivity index (χ4n) is 2.51. The van der Waals surface area contributed by atoms with Gasteiger partial charge in [0, 0.05) is 18.0 Å². The van der Waals surface area contributed by atoms with Crippen molar-refractivity contribution in [1.82, 2.24) is 4.90 Å². The molecule has 1 saturated heterocycles. The van der Waals surface area contributed by atoms with E-state index in [9.17, 15) is 9.59 Å². The van der Waals surface area contributed by atoms with Crippen LogP contribution in [0, 0.1) is 10.2 Å². The van der Waals surface area contributed by atoms with Crippen LogP contribution < -0.4 is 0 Å². The maximum atomic E-state index is 10.8. The highest BCUT2D eigenvalue weighted by molar-refractivity contribution is 7.45. The van der Waals surface area contributed by atoms with Crippen molar-refractivity contribution in [2.75, 3.05) is 19.6 Å². The Labute approximate surface area is 147 Å². The number of halogens is 1. The molecule has 1 heterocycles. The van der Waals surface area contributed by atoms with Gasteiger partial charge in [-0.05, 0) is 52.2 Å². The molecule has 0 spiro atoms. The normalized spacial score (nSPS) is 22.0. The first kappa shape index (κ1) is 24.6. The van der Waals surface area contributed by atoms with Gasteiger partial charge in [0.1, 0.15) is 0 Å². The summed E-state index contributed by atoms with van der Waals surface area (Å²) in [6.07, 6.45) is 8.62. The molecule has 3 N–H and O–H groups in total. The number of allylic oxidation sites excluding steroid dienone is 2. The summed E-state index contributed by atoms with van der Waals surface area (Å²) in [5, 5.41) is 17.5. The molecule has 8 heteroatoms. The molecule has 1 unspecified atom stereocenters. The van der Waals surface area contributed by atoms with Crippen LogP contribution in [0.25, 0.3) is 0 Å². The van der Waals surface area contributed by atoms with Gasteiger partial charge in [0.05, 0.1) is 5.41 Å². The first-order chi connectivity index (χ1) is 10.9. The number of carboxylic acids is 2. The number of carboxylic acid groups (broad SMARTS) is 2. The van der Waals surface area contributed by atoms with Crippen LogP contribution in [0.3, 0.4) is 0 Å². The lowest BCUT2D eigenvalue weighted by atomic mass is 9.80. The predicted molar refractivity (Wildman–Crippen MR) is 93.8 cm³/mol. The van der Waals surface area contributed by atoms with Crippen LogP contribution in [0.2, 0.25) is 0 Å².